The van der Waals surface area contributed by atoms with Gasteiger partial charge < -0.3 is 19.8 Å². The van der Waals surface area contributed by atoms with Gasteiger partial charge in [-0.2, -0.15) is 4.98 Å². The number of aryl methyl sites for hydroxylation is 1. The van der Waals surface area contributed by atoms with Gasteiger partial charge in [0.05, 0.1) is 17.6 Å². The number of halogens is 2. The number of aromatic nitrogens is 5. The Morgan fingerprint density at radius 2 is 2.03 bits per heavy atom. The third-order valence-electron chi connectivity index (χ3n) is 7.58. The highest BCUT2D eigenvalue weighted by atomic mass is 19.3. The minimum Gasteiger partial charge on any atom is -0.351 e. The molecule has 6 rings (SSSR count). The predicted molar refractivity (Wildman–Crippen MR) is 134 cm³/mol. The van der Waals surface area contributed by atoms with Crippen LogP contribution in [0.15, 0.2) is 30.6 Å². The summed E-state index contributed by atoms with van der Waals surface area (Å²) in [5.41, 5.74) is 3.91. The van der Waals surface area contributed by atoms with E-state index >= 15 is 0 Å². The van der Waals surface area contributed by atoms with Gasteiger partial charge in [-0.3, -0.25) is 4.79 Å². The molecule has 0 radical (unpaired) electrons. The first-order chi connectivity index (χ1) is 17.5. The van der Waals surface area contributed by atoms with Crippen LogP contribution in [0.4, 0.5) is 14.7 Å². The lowest BCUT2D eigenvalue weighted by Crippen LogP contribution is -2.41. The van der Waals surface area contributed by atoms with Gasteiger partial charge in [0, 0.05) is 48.4 Å². The molecule has 0 bridgehead atoms. The average Bonchev–Trinajstić information content (AvgIpc) is 3.56. The monoisotopic (exact) mass is 493 g/mol. The third-order valence-corrected chi connectivity index (χ3v) is 7.58. The minimum absolute atomic E-state index is 0.284. The van der Waals surface area contributed by atoms with Crippen LogP contribution in [0.25, 0.3) is 33.2 Å². The highest BCUT2D eigenvalue weighted by Crippen LogP contribution is 2.32. The molecule has 2 N–H and O–H groups in total. The summed E-state index contributed by atoms with van der Waals surface area (Å²) in [6.07, 6.45) is 6.88. The van der Waals surface area contributed by atoms with Crippen molar-refractivity contribution in [2.24, 2.45) is 0 Å². The third kappa shape index (κ3) is 4.18. The zero-order valence-electron chi connectivity index (χ0n) is 20.2. The van der Waals surface area contributed by atoms with Crippen LogP contribution >= 0.6 is 0 Å². The summed E-state index contributed by atoms with van der Waals surface area (Å²) in [5, 5.41) is 4.34. The Kier molecular flexibility index (Phi) is 5.81. The van der Waals surface area contributed by atoms with Gasteiger partial charge >= 0.3 is 0 Å². The first-order valence-corrected chi connectivity index (χ1v) is 12.6. The van der Waals surface area contributed by atoms with E-state index in [-0.39, 0.29) is 12.6 Å². The molecule has 36 heavy (non-hydrogen) atoms. The number of hydrogen-bond acceptors (Lipinski definition) is 5. The van der Waals surface area contributed by atoms with Gasteiger partial charge in [-0.1, -0.05) is 6.07 Å². The van der Waals surface area contributed by atoms with Gasteiger partial charge in [-0.05, 0) is 56.7 Å². The second-order valence-electron chi connectivity index (χ2n) is 9.86. The van der Waals surface area contributed by atoms with Crippen molar-refractivity contribution >= 4 is 33.9 Å². The standard InChI is InChI=1S/C26H29F2N7O/c1-15-31-21-9-4-16(11-22(21)35(15)14-23(27)28)19-12-29-25-20(19)13-30-26(33-25)32-17-5-7-18(8-6-17)34-10-2-3-24(34)36/h4,9,11-13,17-18,23H,2-3,5-8,10,14H2,1H3,(H2,29,30,32,33). The molecule has 188 valence electrons. The van der Waals surface area contributed by atoms with Gasteiger partial charge in [-0.25, -0.2) is 18.7 Å². The Morgan fingerprint density at radius 1 is 1.19 bits per heavy atom. The van der Waals surface area contributed by atoms with Crippen molar-refractivity contribution < 1.29 is 13.6 Å². The van der Waals surface area contributed by atoms with E-state index in [4.69, 9.17) is 0 Å². The normalized spacial score (nSPS) is 20.8. The molecule has 2 aliphatic rings. The summed E-state index contributed by atoms with van der Waals surface area (Å²) in [6.45, 7) is 2.26. The Bertz CT molecular complexity index is 1420. The topological polar surface area (TPSA) is 91.7 Å². The van der Waals surface area contributed by atoms with E-state index in [2.05, 4.69) is 30.2 Å². The van der Waals surface area contributed by atoms with Crippen molar-refractivity contribution in [3.63, 3.8) is 0 Å². The lowest BCUT2D eigenvalue weighted by molar-refractivity contribution is -0.130. The average molecular weight is 494 g/mol. The van der Waals surface area contributed by atoms with Crippen LogP contribution in [0, 0.1) is 6.92 Å². The lowest BCUT2D eigenvalue weighted by atomic mass is 9.90. The van der Waals surface area contributed by atoms with E-state index in [0.29, 0.717) is 41.2 Å². The molecule has 1 amide bonds. The summed E-state index contributed by atoms with van der Waals surface area (Å²) in [4.78, 5) is 31.0. The quantitative estimate of drug-likeness (QED) is 0.399. The Labute approximate surface area is 207 Å². The molecule has 10 heteroatoms. The number of anilines is 1. The molecule has 1 aromatic carbocycles. The van der Waals surface area contributed by atoms with Crippen LogP contribution in [0.5, 0.6) is 0 Å². The number of aromatic amines is 1. The number of carbonyl (C=O) groups is 1. The number of nitrogens with zero attached hydrogens (tertiary/aromatic N) is 5. The second kappa shape index (κ2) is 9.15. The highest BCUT2D eigenvalue weighted by Gasteiger charge is 2.31. The lowest BCUT2D eigenvalue weighted by Gasteiger charge is -2.34. The Balaban J connectivity index is 1.19. The zero-order valence-corrected chi connectivity index (χ0v) is 20.2. The fraction of sp³-hybridized carbons (Fsp3) is 0.462. The van der Waals surface area contributed by atoms with E-state index < -0.39 is 6.43 Å². The van der Waals surface area contributed by atoms with Crippen molar-refractivity contribution in [1.29, 1.82) is 0 Å². The largest absolute Gasteiger partial charge is 0.351 e. The van der Waals surface area contributed by atoms with Crippen LogP contribution < -0.4 is 5.32 Å². The van der Waals surface area contributed by atoms with Gasteiger partial charge in [0.25, 0.3) is 6.43 Å². The maximum Gasteiger partial charge on any atom is 0.256 e. The minimum atomic E-state index is -2.45. The van der Waals surface area contributed by atoms with Crippen LogP contribution in [-0.2, 0) is 11.3 Å². The smallest absolute Gasteiger partial charge is 0.256 e. The van der Waals surface area contributed by atoms with E-state index in [9.17, 15) is 13.6 Å². The summed E-state index contributed by atoms with van der Waals surface area (Å²) in [5.74, 6) is 1.45. The molecular weight excluding hydrogens is 464 g/mol. The molecule has 1 saturated heterocycles. The van der Waals surface area contributed by atoms with E-state index in [1.165, 1.54) is 0 Å². The number of carbonyl (C=O) groups excluding carboxylic acids is 1. The number of imidazole rings is 1. The van der Waals surface area contributed by atoms with E-state index in [0.717, 1.165) is 60.8 Å². The molecule has 1 aliphatic heterocycles. The van der Waals surface area contributed by atoms with Crippen molar-refractivity contribution in [2.45, 2.75) is 70.5 Å². The van der Waals surface area contributed by atoms with Gasteiger partial charge in [-0.15, -0.1) is 0 Å². The van der Waals surface area contributed by atoms with Crippen LogP contribution in [-0.4, -0.2) is 60.4 Å². The fourth-order valence-corrected chi connectivity index (χ4v) is 5.76. The number of amides is 1. The molecule has 0 atom stereocenters. The predicted octanol–water partition coefficient (Wildman–Crippen LogP) is 4.89. The van der Waals surface area contributed by atoms with Gasteiger partial charge in [0.1, 0.15) is 11.5 Å². The summed E-state index contributed by atoms with van der Waals surface area (Å²) < 4.78 is 27.8. The molecule has 0 unspecified atom stereocenters. The van der Waals surface area contributed by atoms with Crippen molar-refractivity contribution in [2.75, 3.05) is 11.9 Å². The number of rotatable bonds is 6. The number of fused-ring (bicyclic) bond motifs is 2. The maximum atomic E-state index is 13.1. The number of hydrogen-bond donors (Lipinski definition) is 2. The first kappa shape index (κ1) is 22.9. The number of likely N-dealkylation sites (tertiary alicyclic amines) is 1. The molecule has 1 aliphatic carbocycles. The summed E-state index contributed by atoms with van der Waals surface area (Å²) in [7, 11) is 0. The number of benzene rings is 1. The summed E-state index contributed by atoms with van der Waals surface area (Å²) in [6, 6.07) is 6.36. The first-order valence-electron chi connectivity index (χ1n) is 12.6. The Morgan fingerprint density at radius 3 is 2.78 bits per heavy atom. The fourth-order valence-electron chi connectivity index (χ4n) is 5.76. The van der Waals surface area contributed by atoms with Crippen molar-refractivity contribution in [1.82, 2.24) is 29.4 Å². The maximum absolute atomic E-state index is 13.1. The van der Waals surface area contributed by atoms with Crippen LogP contribution in [0.3, 0.4) is 0 Å². The summed E-state index contributed by atoms with van der Waals surface area (Å²) >= 11 is 0. The SMILES string of the molecule is Cc1nc2ccc(-c3c[nH]c4nc(NC5CCC(N6CCCC6=O)CC5)ncc34)cc2n1CC(F)F. The Hall–Kier alpha value is -3.56. The molecule has 8 nitrogen and oxygen atoms in total. The van der Waals surface area contributed by atoms with Gasteiger partial charge in [0.2, 0.25) is 11.9 Å². The van der Waals surface area contributed by atoms with Gasteiger partial charge in [0.15, 0.2) is 0 Å². The van der Waals surface area contributed by atoms with E-state index in [1.54, 1.807) is 17.7 Å². The second-order valence-corrected chi connectivity index (χ2v) is 9.86. The number of H-pyrrole nitrogens is 1. The molecular formula is C26H29F2N7O. The molecule has 4 heterocycles. The van der Waals surface area contributed by atoms with Crippen molar-refractivity contribution in [3.8, 4) is 11.1 Å². The molecule has 2 fully saturated rings. The molecule has 1 saturated carbocycles. The molecule has 0 spiro atoms. The van der Waals surface area contributed by atoms with Crippen molar-refractivity contribution in [3.05, 3.63) is 36.4 Å². The highest BCUT2D eigenvalue weighted by molar-refractivity contribution is 5.95. The number of alkyl halides is 2. The molecule has 3 aromatic heterocycles. The number of nitrogens with one attached hydrogen (secondary N) is 2. The van der Waals surface area contributed by atoms with Crippen LogP contribution in [0.1, 0.15) is 44.3 Å². The zero-order chi connectivity index (χ0) is 24.8. The van der Waals surface area contributed by atoms with E-state index in [1.807, 2.05) is 24.4 Å². The van der Waals surface area contributed by atoms with Crippen LogP contribution in [0.2, 0.25) is 0 Å². The molecule has 4 aromatic rings.